The number of aromatic nitrogens is 7. The smallest absolute Gasteiger partial charge is 0.306 e. The van der Waals surface area contributed by atoms with Gasteiger partial charge in [-0.3, -0.25) is 14.3 Å². The molecule has 1 atom stereocenters. The summed E-state index contributed by atoms with van der Waals surface area (Å²) in [5.74, 6) is -0.374. The maximum atomic E-state index is 13.2. The van der Waals surface area contributed by atoms with E-state index in [-0.39, 0.29) is 27.8 Å². The number of aryl methyl sites for hydroxylation is 1. The van der Waals surface area contributed by atoms with E-state index in [2.05, 4.69) is 51.2 Å². The van der Waals surface area contributed by atoms with Gasteiger partial charge in [-0.25, -0.2) is 9.97 Å². The molecule has 1 N–H and O–H groups in total. The van der Waals surface area contributed by atoms with Gasteiger partial charge in [-0.15, -0.1) is 21.5 Å². The minimum Gasteiger partial charge on any atom is -0.306 e. The first kappa shape index (κ1) is 24.5. The third-order valence-corrected chi connectivity index (χ3v) is 6.18. The lowest BCUT2D eigenvalue weighted by molar-refractivity contribution is -0.162. The second kappa shape index (κ2) is 8.87. The number of anilines is 1. The minimum absolute atomic E-state index is 0.0363. The number of hydrogen-bond donors (Lipinski definition) is 1. The molecule has 0 saturated heterocycles. The molecule has 184 valence electrons. The van der Waals surface area contributed by atoms with Gasteiger partial charge in [-0.05, 0) is 25.5 Å². The quantitative estimate of drug-likeness (QED) is 0.412. The highest BCUT2D eigenvalue weighted by Gasteiger charge is 2.39. The molecule has 13 heteroatoms. The molecule has 0 aromatic carbocycles. The summed E-state index contributed by atoms with van der Waals surface area (Å²) in [6.45, 7) is 9.07. The highest BCUT2D eigenvalue weighted by Crippen LogP contribution is 2.34. The van der Waals surface area contributed by atoms with Gasteiger partial charge in [-0.2, -0.15) is 13.2 Å². The highest BCUT2D eigenvalue weighted by atomic mass is 32.1. The van der Waals surface area contributed by atoms with Crippen LogP contribution in [0.15, 0.2) is 36.5 Å². The summed E-state index contributed by atoms with van der Waals surface area (Å²) in [6.07, 6.45) is 1.73. The van der Waals surface area contributed by atoms with Crippen molar-refractivity contribution < 1.29 is 18.0 Å². The van der Waals surface area contributed by atoms with Gasteiger partial charge < -0.3 is 9.88 Å². The molecule has 4 heterocycles. The van der Waals surface area contributed by atoms with Crippen molar-refractivity contribution in [2.75, 3.05) is 5.32 Å². The summed E-state index contributed by atoms with van der Waals surface area (Å²) in [4.78, 5) is 25.8. The van der Waals surface area contributed by atoms with Gasteiger partial charge >= 0.3 is 6.18 Å². The molecule has 0 aliphatic carbocycles. The van der Waals surface area contributed by atoms with Crippen LogP contribution in [0.4, 0.5) is 19.0 Å². The molecule has 4 aromatic heterocycles. The maximum absolute atomic E-state index is 13.2. The second-order valence-electron chi connectivity index (χ2n) is 9.04. The Bertz CT molecular complexity index is 1370. The van der Waals surface area contributed by atoms with E-state index in [0.29, 0.717) is 0 Å². The predicted octanol–water partition coefficient (Wildman–Crippen LogP) is 4.96. The molecule has 0 spiro atoms. The van der Waals surface area contributed by atoms with Crippen molar-refractivity contribution in [2.45, 2.75) is 52.3 Å². The fourth-order valence-electron chi connectivity index (χ4n) is 3.21. The largest absolute Gasteiger partial charge is 0.408 e. The van der Waals surface area contributed by atoms with Crippen molar-refractivity contribution in [2.24, 2.45) is 0 Å². The summed E-state index contributed by atoms with van der Waals surface area (Å²) >= 11 is 1.04. The van der Waals surface area contributed by atoms with E-state index in [1.807, 2.05) is 17.7 Å². The number of thiazole rings is 1. The Morgan fingerprint density at radius 3 is 2.57 bits per heavy atom. The van der Waals surface area contributed by atoms with Crippen LogP contribution in [0.25, 0.3) is 16.5 Å². The molecule has 0 fully saturated rings. The van der Waals surface area contributed by atoms with E-state index in [4.69, 9.17) is 0 Å². The van der Waals surface area contributed by atoms with E-state index in [0.717, 1.165) is 46.1 Å². The van der Waals surface area contributed by atoms with E-state index >= 15 is 0 Å². The number of alkyl halides is 3. The molecule has 0 bridgehead atoms. The summed E-state index contributed by atoms with van der Waals surface area (Å²) in [7, 11) is 0. The van der Waals surface area contributed by atoms with Crippen LogP contribution in [0.1, 0.15) is 55.5 Å². The van der Waals surface area contributed by atoms with Crippen LogP contribution in [0.3, 0.4) is 0 Å². The number of pyridine rings is 1. The van der Waals surface area contributed by atoms with Crippen molar-refractivity contribution in [3.05, 3.63) is 53.4 Å². The zero-order valence-corrected chi connectivity index (χ0v) is 20.4. The Morgan fingerprint density at radius 1 is 1.17 bits per heavy atom. The van der Waals surface area contributed by atoms with Gasteiger partial charge in [0.15, 0.2) is 10.8 Å². The number of halogens is 3. The summed E-state index contributed by atoms with van der Waals surface area (Å²) < 4.78 is 42.2. The first-order valence-electron chi connectivity index (χ1n) is 10.6. The second-order valence-corrected chi connectivity index (χ2v) is 9.90. The fourth-order valence-corrected chi connectivity index (χ4v) is 3.95. The van der Waals surface area contributed by atoms with Crippen molar-refractivity contribution in [1.82, 2.24) is 34.3 Å². The normalized spacial score (nSPS) is 13.1. The molecule has 0 radical (unpaired) electrons. The standard InChI is InChI=1S/C22H23F3N8OS/c1-12-7-26-14(6-15(12)32-8-16(27-10-32)21(3,4)5)19(34)29-17-9-35-20(30-17)18-31-28-11-33(18)13(2)22(23,24)25/h6-11,13H,1-5H3,(H,29,34). The Kier molecular flexibility index (Phi) is 6.21. The number of amides is 1. The Balaban J connectivity index is 1.55. The van der Waals surface area contributed by atoms with E-state index in [1.165, 1.54) is 5.38 Å². The average Bonchev–Trinajstić information content (AvgIpc) is 3.52. The van der Waals surface area contributed by atoms with Crippen LogP contribution in [-0.2, 0) is 5.41 Å². The molecule has 1 unspecified atom stereocenters. The van der Waals surface area contributed by atoms with Crippen molar-refractivity contribution >= 4 is 23.1 Å². The average molecular weight is 505 g/mol. The summed E-state index contributed by atoms with van der Waals surface area (Å²) in [6, 6.07) is -0.181. The van der Waals surface area contributed by atoms with Crippen molar-refractivity contribution in [3.63, 3.8) is 0 Å². The van der Waals surface area contributed by atoms with Gasteiger partial charge in [0.1, 0.15) is 23.9 Å². The number of rotatable bonds is 5. The number of carbonyl (C=O) groups excluding carboxylic acids is 1. The Hall–Kier alpha value is -3.61. The molecule has 9 nitrogen and oxygen atoms in total. The molecule has 4 rings (SSSR count). The van der Waals surface area contributed by atoms with Crippen LogP contribution in [0.5, 0.6) is 0 Å². The number of nitrogens with one attached hydrogen (secondary N) is 1. The maximum Gasteiger partial charge on any atom is 0.408 e. The summed E-state index contributed by atoms with van der Waals surface area (Å²) in [5, 5.41) is 11.7. The number of carbonyl (C=O) groups is 1. The van der Waals surface area contributed by atoms with Crippen LogP contribution < -0.4 is 5.32 Å². The van der Waals surface area contributed by atoms with Gasteiger partial charge in [0.05, 0.1) is 17.7 Å². The SMILES string of the molecule is Cc1cnc(C(=O)Nc2csc(-c3nncn3C(C)C(F)(F)F)n2)cc1-n1cnc(C(C)(C)C)c1. The lowest BCUT2D eigenvalue weighted by Gasteiger charge is -2.17. The lowest BCUT2D eigenvalue weighted by Crippen LogP contribution is -2.23. The Labute approximate surface area is 203 Å². The lowest BCUT2D eigenvalue weighted by atomic mass is 9.93. The molecule has 4 aromatic rings. The predicted molar refractivity (Wildman–Crippen MR) is 125 cm³/mol. The molecule has 1 amide bonds. The number of imidazole rings is 1. The van der Waals surface area contributed by atoms with E-state index < -0.39 is 18.1 Å². The monoisotopic (exact) mass is 504 g/mol. The van der Waals surface area contributed by atoms with Crippen LogP contribution in [0, 0.1) is 6.92 Å². The Morgan fingerprint density at radius 2 is 1.91 bits per heavy atom. The third-order valence-electron chi connectivity index (χ3n) is 5.34. The molecular weight excluding hydrogens is 481 g/mol. The number of nitrogens with zero attached hydrogens (tertiary/aromatic N) is 7. The zero-order chi connectivity index (χ0) is 25.5. The molecule has 0 aliphatic rings. The first-order valence-corrected chi connectivity index (χ1v) is 11.5. The van der Waals surface area contributed by atoms with Crippen LogP contribution >= 0.6 is 11.3 Å². The van der Waals surface area contributed by atoms with E-state index in [9.17, 15) is 18.0 Å². The number of hydrogen-bond acceptors (Lipinski definition) is 7. The van der Waals surface area contributed by atoms with E-state index in [1.54, 1.807) is 18.6 Å². The summed E-state index contributed by atoms with van der Waals surface area (Å²) in [5.41, 5.74) is 2.54. The van der Waals surface area contributed by atoms with Crippen molar-refractivity contribution in [1.29, 1.82) is 0 Å². The highest BCUT2D eigenvalue weighted by molar-refractivity contribution is 7.13. The zero-order valence-electron chi connectivity index (χ0n) is 19.6. The van der Waals surface area contributed by atoms with Crippen LogP contribution in [0.2, 0.25) is 0 Å². The van der Waals surface area contributed by atoms with Gasteiger partial charge in [0, 0.05) is 23.2 Å². The molecule has 35 heavy (non-hydrogen) atoms. The topological polar surface area (TPSA) is 103 Å². The first-order chi connectivity index (χ1) is 16.3. The third kappa shape index (κ3) is 5.09. The molecule has 0 saturated carbocycles. The van der Waals surface area contributed by atoms with Crippen LogP contribution in [-0.4, -0.2) is 46.4 Å². The fraction of sp³-hybridized carbons (Fsp3) is 0.364. The van der Waals surface area contributed by atoms with Crippen molar-refractivity contribution in [3.8, 4) is 16.5 Å². The van der Waals surface area contributed by atoms with Gasteiger partial charge in [0.25, 0.3) is 5.91 Å². The van der Waals surface area contributed by atoms with Gasteiger partial charge in [-0.1, -0.05) is 20.8 Å². The van der Waals surface area contributed by atoms with Gasteiger partial charge in [0.2, 0.25) is 0 Å². The molecule has 0 aliphatic heterocycles. The molecular formula is C22H23F3N8OS. The minimum atomic E-state index is -4.47.